The molecule has 24 heavy (non-hydrogen) atoms. The molecule has 0 aliphatic rings. The van der Waals surface area contributed by atoms with Crippen molar-refractivity contribution in [3.8, 4) is 0 Å². The maximum Gasteiger partial charge on any atom is 0.407 e. The van der Waals surface area contributed by atoms with E-state index in [1.807, 2.05) is 0 Å². The Morgan fingerprint density at radius 3 is 2.54 bits per heavy atom. The first-order valence-electron chi connectivity index (χ1n) is 7.27. The standard InChI is InChI=1S/C16H21N3O5/c1-3-8-24-16(23)17-9-14(21)18-11(2)15(22)19-13-6-4-12(10-20)5-7-13/h3-7,11,20H,1,8-10H2,2H3,(H,17,23)(H,18,21)(H,19,22)/t11-/m0/s1. The number of aliphatic hydroxyl groups excluding tert-OH is 1. The zero-order valence-corrected chi connectivity index (χ0v) is 13.4. The third-order valence-electron chi connectivity index (χ3n) is 2.90. The minimum atomic E-state index is -0.791. The minimum absolute atomic E-state index is 0.0430. The van der Waals surface area contributed by atoms with Crippen molar-refractivity contribution in [1.29, 1.82) is 0 Å². The van der Waals surface area contributed by atoms with Gasteiger partial charge in [-0.15, -0.1) is 0 Å². The van der Waals surface area contributed by atoms with Crippen LogP contribution in [0.15, 0.2) is 36.9 Å². The Hall–Kier alpha value is -2.87. The van der Waals surface area contributed by atoms with Crippen LogP contribution in [-0.4, -0.2) is 42.2 Å². The van der Waals surface area contributed by atoms with E-state index in [-0.39, 0.29) is 19.8 Å². The third kappa shape index (κ3) is 6.93. The quantitative estimate of drug-likeness (QED) is 0.517. The van der Waals surface area contributed by atoms with E-state index in [2.05, 4.69) is 27.3 Å². The normalized spacial score (nSPS) is 11.1. The molecule has 1 aromatic rings. The van der Waals surface area contributed by atoms with Gasteiger partial charge >= 0.3 is 6.09 Å². The van der Waals surface area contributed by atoms with Crippen molar-refractivity contribution in [3.63, 3.8) is 0 Å². The molecular formula is C16H21N3O5. The van der Waals surface area contributed by atoms with Gasteiger partial charge in [-0.25, -0.2) is 4.79 Å². The molecule has 8 nitrogen and oxygen atoms in total. The Bertz CT molecular complexity index is 586. The fourth-order valence-corrected chi connectivity index (χ4v) is 1.64. The number of rotatable bonds is 8. The molecule has 0 fully saturated rings. The lowest BCUT2D eigenvalue weighted by Gasteiger charge is -2.14. The Morgan fingerprint density at radius 2 is 1.96 bits per heavy atom. The molecule has 0 aromatic heterocycles. The fourth-order valence-electron chi connectivity index (χ4n) is 1.64. The molecule has 0 spiro atoms. The average molecular weight is 335 g/mol. The lowest BCUT2D eigenvalue weighted by Crippen LogP contribution is -2.45. The summed E-state index contributed by atoms with van der Waals surface area (Å²) in [6.07, 6.45) is 0.658. The molecule has 1 aromatic carbocycles. The van der Waals surface area contributed by atoms with Gasteiger partial charge in [0.15, 0.2) is 0 Å². The summed E-state index contributed by atoms with van der Waals surface area (Å²) in [7, 11) is 0. The molecule has 0 unspecified atom stereocenters. The average Bonchev–Trinajstić information content (AvgIpc) is 2.58. The second-order valence-corrected chi connectivity index (χ2v) is 4.87. The van der Waals surface area contributed by atoms with E-state index >= 15 is 0 Å². The molecule has 1 rings (SSSR count). The van der Waals surface area contributed by atoms with Gasteiger partial charge in [-0.3, -0.25) is 9.59 Å². The van der Waals surface area contributed by atoms with Gasteiger partial charge in [0.2, 0.25) is 11.8 Å². The largest absolute Gasteiger partial charge is 0.445 e. The predicted octanol–water partition coefficient (Wildman–Crippen LogP) is 0.534. The van der Waals surface area contributed by atoms with Crippen LogP contribution in [0.1, 0.15) is 12.5 Å². The highest BCUT2D eigenvalue weighted by molar-refractivity contribution is 5.97. The van der Waals surface area contributed by atoms with Crippen LogP contribution in [0.5, 0.6) is 0 Å². The van der Waals surface area contributed by atoms with Crippen LogP contribution in [0.2, 0.25) is 0 Å². The van der Waals surface area contributed by atoms with Crippen LogP contribution in [0.25, 0.3) is 0 Å². The first kappa shape index (κ1) is 19.2. The van der Waals surface area contributed by atoms with Crippen LogP contribution < -0.4 is 16.0 Å². The highest BCUT2D eigenvalue weighted by Crippen LogP contribution is 2.09. The highest BCUT2D eigenvalue weighted by Gasteiger charge is 2.16. The third-order valence-corrected chi connectivity index (χ3v) is 2.90. The van der Waals surface area contributed by atoms with E-state index in [1.54, 1.807) is 24.3 Å². The molecule has 0 radical (unpaired) electrons. The number of benzene rings is 1. The molecular weight excluding hydrogens is 314 g/mol. The van der Waals surface area contributed by atoms with Crippen molar-refractivity contribution in [3.05, 3.63) is 42.5 Å². The first-order valence-corrected chi connectivity index (χ1v) is 7.27. The van der Waals surface area contributed by atoms with E-state index in [0.29, 0.717) is 5.69 Å². The lowest BCUT2D eigenvalue weighted by molar-refractivity contribution is -0.125. The topological polar surface area (TPSA) is 117 Å². The monoisotopic (exact) mass is 335 g/mol. The summed E-state index contributed by atoms with van der Waals surface area (Å²) in [6.45, 7) is 4.56. The number of hydrogen-bond acceptors (Lipinski definition) is 5. The SMILES string of the molecule is C=CCOC(=O)NCC(=O)N[C@@H](C)C(=O)Nc1ccc(CO)cc1. The van der Waals surface area contributed by atoms with Gasteiger partial charge in [0.25, 0.3) is 0 Å². The molecule has 130 valence electrons. The molecule has 4 N–H and O–H groups in total. The van der Waals surface area contributed by atoms with E-state index < -0.39 is 23.9 Å². The zero-order chi connectivity index (χ0) is 17.9. The summed E-state index contributed by atoms with van der Waals surface area (Å²) >= 11 is 0. The lowest BCUT2D eigenvalue weighted by atomic mass is 10.2. The maximum atomic E-state index is 12.0. The smallest absolute Gasteiger partial charge is 0.407 e. The summed E-state index contributed by atoms with van der Waals surface area (Å²) in [5.74, 6) is -0.932. The molecule has 0 saturated heterocycles. The van der Waals surface area contributed by atoms with Crippen molar-refractivity contribution < 1.29 is 24.2 Å². The van der Waals surface area contributed by atoms with Gasteiger partial charge in [0.05, 0.1) is 6.61 Å². The van der Waals surface area contributed by atoms with Gasteiger partial charge in [-0.05, 0) is 24.6 Å². The van der Waals surface area contributed by atoms with Gasteiger partial charge in [-0.2, -0.15) is 0 Å². The van der Waals surface area contributed by atoms with Crippen LogP contribution in [-0.2, 0) is 20.9 Å². The van der Waals surface area contributed by atoms with E-state index in [9.17, 15) is 14.4 Å². The van der Waals surface area contributed by atoms with Crippen LogP contribution in [0, 0.1) is 0 Å². The van der Waals surface area contributed by atoms with E-state index in [0.717, 1.165) is 5.56 Å². The van der Waals surface area contributed by atoms with Crippen molar-refractivity contribution in [1.82, 2.24) is 10.6 Å². The summed E-state index contributed by atoms with van der Waals surface area (Å²) < 4.78 is 4.65. The minimum Gasteiger partial charge on any atom is -0.445 e. The second kappa shape index (κ2) is 10.0. The number of ether oxygens (including phenoxy) is 1. The number of hydrogen-bond donors (Lipinski definition) is 4. The Morgan fingerprint density at radius 1 is 1.29 bits per heavy atom. The Kier molecular flexibility index (Phi) is 8.00. The van der Waals surface area contributed by atoms with Gasteiger partial charge < -0.3 is 25.8 Å². The van der Waals surface area contributed by atoms with E-state index in [1.165, 1.54) is 13.0 Å². The number of amides is 3. The summed E-state index contributed by atoms with van der Waals surface area (Å²) in [6, 6.07) is 5.86. The van der Waals surface area contributed by atoms with Gasteiger partial charge in [0.1, 0.15) is 19.2 Å². The summed E-state index contributed by atoms with van der Waals surface area (Å²) in [4.78, 5) is 34.8. The number of carbonyl (C=O) groups is 3. The molecule has 0 bridgehead atoms. The first-order chi connectivity index (χ1) is 11.5. The predicted molar refractivity (Wildman–Crippen MR) is 88.1 cm³/mol. The molecule has 3 amide bonds. The van der Waals surface area contributed by atoms with Crippen molar-refractivity contribution in [2.45, 2.75) is 19.6 Å². The number of carbonyl (C=O) groups excluding carboxylic acids is 3. The number of alkyl carbamates (subject to hydrolysis) is 1. The number of anilines is 1. The number of aliphatic hydroxyl groups is 1. The van der Waals surface area contributed by atoms with Crippen molar-refractivity contribution in [2.75, 3.05) is 18.5 Å². The molecule has 0 saturated carbocycles. The molecule has 0 heterocycles. The molecule has 8 heteroatoms. The van der Waals surface area contributed by atoms with Gasteiger partial charge in [0, 0.05) is 5.69 Å². The van der Waals surface area contributed by atoms with Crippen molar-refractivity contribution >= 4 is 23.6 Å². The Labute approximate surface area is 139 Å². The maximum absolute atomic E-state index is 12.0. The van der Waals surface area contributed by atoms with E-state index in [4.69, 9.17) is 5.11 Å². The molecule has 1 atom stereocenters. The fraction of sp³-hybridized carbons (Fsp3) is 0.312. The zero-order valence-electron chi connectivity index (χ0n) is 13.4. The van der Waals surface area contributed by atoms with Crippen molar-refractivity contribution in [2.24, 2.45) is 0 Å². The van der Waals surface area contributed by atoms with Gasteiger partial charge in [-0.1, -0.05) is 24.8 Å². The second-order valence-electron chi connectivity index (χ2n) is 4.87. The molecule has 0 aliphatic carbocycles. The summed E-state index contributed by atoms with van der Waals surface area (Å²) in [5, 5.41) is 16.3. The van der Waals surface area contributed by atoms with Crippen LogP contribution in [0.3, 0.4) is 0 Å². The number of nitrogens with one attached hydrogen (secondary N) is 3. The van der Waals surface area contributed by atoms with Crippen LogP contribution >= 0.6 is 0 Å². The molecule has 0 aliphatic heterocycles. The Balaban J connectivity index is 2.38. The summed E-state index contributed by atoms with van der Waals surface area (Å²) in [5.41, 5.74) is 1.27. The van der Waals surface area contributed by atoms with Crippen LogP contribution in [0.4, 0.5) is 10.5 Å². The highest BCUT2D eigenvalue weighted by atomic mass is 16.5.